The second kappa shape index (κ2) is 6.85. The van der Waals surface area contributed by atoms with E-state index >= 15 is 0 Å². The van der Waals surface area contributed by atoms with Gasteiger partial charge < -0.3 is 5.32 Å². The van der Waals surface area contributed by atoms with Gasteiger partial charge in [-0.25, -0.2) is 4.39 Å². The Morgan fingerprint density at radius 2 is 2.11 bits per heavy atom. The Kier molecular flexibility index (Phi) is 5.40. The zero-order valence-corrected chi connectivity index (χ0v) is 13.3. The van der Waals surface area contributed by atoms with Crippen LogP contribution in [0.1, 0.15) is 38.7 Å². The van der Waals surface area contributed by atoms with Gasteiger partial charge in [-0.15, -0.1) is 0 Å². The van der Waals surface area contributed by atoms with Crippen molar-refractivity contribution >= 4 is 15.9 Å². The van der Waals surface area contributed by atoms with Crippen LogP contribution >= 0.6 is 15.9 Å². The van der Waals surface area contributed by atoms with Gasteiger partial charge >= 0.3 is 0 Å². The molecule has 106 valence electrons. The first-order valence-electron chi connectivity index (χ1n) is 7.22. The summed E-state index contributed by atoms with van der Waals surface area (Å²) in [6, 6.07) is 6.14. The van der Waals surface area contributed by atoms with Crippen LogP contribution in [0.15, 0.2) is 22.7 Å². The second-order valence-corrected chi connectivity index (χ2v) is 6.99. The molecule has 1 fully saturated rings. The first-order chi connectivity index (χ1) is 9.04. The highest BCUT2D eigenvalue weighted by atomic mass is 79.9. The quantitative estimate of drug-likeness (QED) is 0.774. The van der Waals surface area contributed by atoms with Crippen molar-refractivity contribution in [3.05, 3.63) is 34.1 Å². The molecule has 0 bridgehead atoms. The summed E-state index contributed by atoms with van der Waals surface area (Å²) in [6.45, 7) is 5.62. The first-order valence-corrected chi connectivity index (χ1v) is 8.01. The largest absolute Gasteiger partial charge is 0.314 e. The topological polar surface area (TPSA) is 12.0 Å². The molecule has 1 aliphatic carbocycles. The summed E-state index contributed by atoms with van der Waals surface area (Å²) >= 11 is 3.27. The number of benzene rings is 1. The maximum atomic E-state index is 13.2. The van der Waals surface area contributed by atoms with Crippen molar-refractivity contribution in [3.8, 4) is 0 Å². The molecule has 19 heavy (non-hydrogen) atoms. The number of rotatable bonds is 7. The van der Waals surface area contributed by atoms with Crippen LogP contribution < -0.4 is 5.32 Å². The maximum absolute atomic E-state index is 13.2. The van der Waals surface area contributed by atoms with E-state index in [9.17, 15) is 4.39 Å². The lowest BCUT2D eigenvalue weighted by Crippen LogP contribution is -2.27. The Labute approximate surface area is 124 Å². The molecular weight excluding hydrogens is 305 g/mol. The third kappa shape index (κ3) is 5.23. The lowest BCUT2D eigenvalue weighted by atomic mass is 9.91. The average Bonchev–Trinajstić information content (AvgIpc) is 3.14. The molecule has 1 saturated carbocycles. The molecule has 0 amide bonds. The molecule has 2 rings (SSSR count). The third-order valence-electron chi connectivity index (χ3n) is 3.59. The van der Waals surface area contributed by atoms with E-state index in [-0.39, 0.29) is 5.82 Å². The van der Waals surface area contributed by atoms with E-state index in [1.165, 1.54) is 24.8 Å². The fourth-order valence-electron chi connectivity index (χ4n) is 2.53. The second-order valence-electron chi connectivity index (χ2n) is 6.13. The van der Waals surface area contributed by atoms with E-state index in [2.05, 4.69) is 35.1 Å². The van der Waals surface area contributed by atoms with E-state index in [1.54, 1.807) is 6.07 Å². The van der Waals surface area contributed by atoms with Gasteiger partial charge in [-0.05, 0) is 77.7 Å². The monoisotopic (exact) mass is 327 g/mol. The highest BCUT2D eigenvalue weighted by Gasteiger charge is 2.22. The van der Waals surface area contributed by atoms with Crippen molar-refractivity contribution in [1.29, 1.82) is 0 Å². The molecule has 1 unspecified atom stereocenters. The lowest BCUT2D eigenvalue weighted by Gasteiger charge is -2.20. The Hall–Kier alpha value is -0.410. The molecular formula is C16H23BrFN. The molecule has 1 nitrogen and oxygen atoms in total. The third-order valence-corrected chi connectivity index (χ3v) is 4.19. The summed E-state index contributed by atoms with van der Waals surface area (Å²) in [5, 5.41) is 3.62. The minimum atomic E-state index is -0.180. The van der Waals surface area contributed by atoms with Crippen molar-refractivity contribution in [1.82, 2.24) is 5.32 Å². The van der Waals surface area contributed by atoms with E-state index in [4.69, 9.17) is 0 Å². The summed E-state index contributed by atoms with van der Waals surface area (Å²) in [6.07, 6.45) is 4.90. The highest BCUT2D eigenvalue weighted by Crippen LogP contribution is 2.23. The van der Waals surface area contributed by atoms with Gasteiger partial charge in [0.15, 0.2) is 0 Å². The summed E-state index contributed by atoms with van der Waals surface area (Å²) in [5.74, 6) is 1.16. The molecule has 0 radical (unpaired) electrons. The van der Waals surface area contributed by atoms with Gasteiger partial charge in [0.2, 0.25) is 0 Å². The van der Waals surface area contributed by atoms with Gasteiger partial charge in [0.25, 0.3) is 0 Å². The molecule has 0 aromatic heterocycles. The fraction of sp³-hybridized carbons (Fsp3) is 0.625. The average molecular weight is 328 g/mol. The van der Waals surface area contributed by atoms with Crippen molar-refractivity contribution < 1.29 is 4.39 Å². The van der Waals surface area contributed by atoms with Crippen molar-refractivity contribution in [2.24, 2.45) is 11.8 Å². The van der Waals surface area contributed by atoms with Crippen molar-refractivity contribution in [2.75, 3.05) is 6.54 Å². The predicted octanol–water partition coefficient (Wildman–Crippen LogP) is 4.55. The standard InChI is InChI=1S/C16H23BrFN/c1-11(2)7-13(10-19-14-4-5-14)8-12-3-6-16(18)15(17)9-12/h3,6,9,11,13-14,19H,4-5,7-8,10H2,1-2H3. The van der Waals surface area contributed by atoms with Gasteiger partial charge in [0, 0.05) is 6.04 Å². The van der Waals surface area contributed by atoms with Crippen LogP contribution in [0.4, 0.5) is 4.39 Å². The molecule has 1 N–H and O–H groups in total. The van der Waals surface area contributed by atoms with Gasteiger partial charge in [-0.2, -0.15) is 0 Å². The Morgan fingerprint density at radius 3 is 2.68 bits per heavy atom. The van der Waals surface area contributed by atoms with Gasteiger partial charge in [0.05, 0.1) is 4.47 Å². The van der Waals surface area contributed by atoms with E-state index in [0.29, 0.717) is 16.3 Å². The molecule has 0 heterocycles. The molecule has 1 aromatic rings. The van der Waals surface area contributed by atoms with E-state index in [0.717, 1.165) is 19.0 Å². The van der Waals surface area contributed by atoms with Crippen molar-refractivity contribution in [2.45, 2.75) is 45.6 Å². The number of nitrogens with one attached hydrogen (secondary N) is 1. The Morgan fingerprint density at radius 1 is 1.37 bits per heavy atom. The fourth-order valence-corrected chi connectivity index (χ4v) is 2.95. The summed E-state index contributed by atoms with van der Waals surface area (Å²) in [4.78, 5) is 0. The zero-order valence-electron chi connectivity index (χ0n) is 11.8. The molecule has 0 saturated heterocycles. The van der Waals surface area contributed by atoms with Crippen molar-refractivity contribution in [3.63, 3.8) is 0 Å². The summed E-state index contributed by atoms with van der Waals surface area (Å²) in [7, 11) is 0. The lowest BCUT2D eigenvalue weighted by molar-refractivity contribution is 0.384. The van der Waals surface area contributed by atoms with Gasteiger partial charge in [-0.1, -0.05) is 19.9 Å². The number of hydrogen-bond acceptors (Lipinski definition) is 1. The van der Waals surface area contributed by atoms with E-state index in [1.807, 2.05) is 12.1 Å². The van der Waals surface area contributed by atoms with Crippen LogP contribution in [0.2, 0.25) is 0 Å². The van der Waals surface area contributed by atoms with Gasteiger partial charge in [-0.3, -0.25) is 0 Å². The van der Waals surface area contributed by atoms with Crippen LogP contribution in [-0.2, 0) is 6.42 Å². The van der Waals surface area contributed by atoms with Crippen LogP contribution in [-0.4, -0.2) is 12.6 Å². The van der Waals surface area contributed by atoms with Crippen LogP contribution in [0, 0.1) is 17.7 Å². The van der Waals surface area contributed by atoms with Gasteiger partial charge in [0.1, 0.15) is 5.82 Å². The molecule has 0 spiro atoms. The van der Waals surface area contributed by atoms with Crippen LogP contribution in [0.25, 0.3) is 0 Å². The minimum absolute atomic E-state index is 0.180. The number of hydrogen-bond donors (Lipinski definition) is 1. The number of halogens is 2. The van der Waals surface area contributed by atoms with Crippen LogP contribution in [0.5, 0.6) is 0 Å². The first kappa shape index (κ1) is 15.0. The Bertz CT molecular complexity index is 415. The summed E-state index contributed by atoms with van der Waals surface area (Å²) in [5.41, 5.74) is 1.22. The highest BCUT2D eigenvalue weighted by molar-refractivity contribution is 9.10. The van der Waals surface area contributed by atoms with Crippen LogP contribution in [0.3, 0.4) is 0 Å². The zero-order chi connectivity index (χ0) is 13.8. The normalized spacial score (nSPS) is 16.9. The molecule has 1 aliphatic rings. The summed E-state index contributed by atoms with van der Waals surface area (Å²) < 4.78 is 13.8. The molecule has 1 aromatic carbocycles. The minimum Gasteiger partial charge on any atom is -0.314 e. The maximum Gasteiger partial charge on any atom is 0.137 e. The Balaban J connectivity index is 1.94. The van der Waals surface area contributed by atoms with E-state index < -0.39 is 0 Å². The molecule has 0 aliphatic heterocycles. The SMILES string of the molecule is CC(C)CC(CNC1CC1)Cc1ccc(F)c(Br)c1. The molecule has 3 heteroatoms. The predicted molar refractivity (Wildman–Crippen MR) is 81.8 cm³/mol. The smallest absolute Gasteiger partial charge is 0.137 e. The molecule has 1 atom stereocenters.